The van der Waals surface area contributed by atoms with Crippen molar-refractivity contribution in [2.45, 2.75) is 69.7 Å². The van der Waals surface area contributed by atoms with Crippen molar-refractivity contribution >= 4 is 0 Å². The molecule has 0 amide bonds. The van der Waals surface area contributed by atoms with Crippen LogP contribution in [0.15, 0.2) is 30.3 Å². The lowest BCUT2D eigenvalue weighted by Gasteiger charge is -2.32. The minimum absolute atomic E-state index is 0.0303. The second kappa shape index (κ2) is 11.3. The van der Waals surface area contributed by atoms with E-state index in [4.69, 9.17) is 5.73 Å². The van der Waals surface area contributed by atoms with Gasteiger partial charge in [-0.25, -0.2) is 0 Å². The van der Waals surface area contributed by atoms with Gasteiger partial charge in [0.05, 0.1) is 0 Å². The third-order valence-electron chi connectivity index (χ3n) is 6.42. The summed E-state index contributed by atoms with van der Waals surface area (Å²) < 4.78 is 0. The SMILES string of the molecule is NC1CCc2c(ccc(O)c2O)C1CCCCCCNCCCc1ccc(O)c(O)c1. The highest BCUT2D eigenvalue weighted by atomic mass is 16.3. The minimum atomic E-state index is -0.0750. The minimum Gasteiger partial charge on any atom is -0.504 e. The summed E-state index contributed by atoms with van der Waals surface area (Å²) in [6.07, 6.45) is 9.06. The fourth-order valence-electron chi connectivity index (χ4n) is 4.60. The molecule has 6 nitrogen and oxygen atoms in total. The van der Waals surface area contributed by atoms with E-state index in [2.05, 4.69) is 5.32 Å². The van der Waals surface area contributed by atoms with Crippen LogP contribution < -0.4 is 11.1 Å². The second-order valence-corrected chi connectivity index (χ2v) is 8.69. The number of unbranched alkanes of at least 4 members (excludes halogenated alkanes) is 3. The Morgan fingerprint density at radius 2 is 1.58 bits per heavy atom. The lowest BCUT2D eigenvalue weighted by Crippen LogP contribution is -2.33. The Kier molecular flexibility index (Phi) is 8.43. The van der Waals surface area contributed by atoms with Gasteiger partial charge in [-0.3, -0.25) is 0 Å². The molecule has 0 fully saturated rings. The summed E-state index contributed by atoms with van der Waals surface area (Å²) >= 11 is 0. The summed E-state index contributed by atoms with van der Waals surface area (Å²) in [6, 6.07) is 8.62. The van der Waals surface area contributed by atoms with Crippen LogP contribution in [0.25, 0.3) is 0 Å². The fraction of sp³-hybridized carbons (Fsp3) is 0.520. The average molecular weight is 429 g/mol. The van der Waals surface area contributed by atoms with Crippen LogP contribution in [0.5, 0.6) is 23.0 Å². The maximum Gasteiger partial charge on any atom is 0.160 e. The maximum absolute atomic E-state index is 10.1. The van der Waals surface area contributed by atoms with Crippen LogP contribution in [-0.4, -0.2) is 39.6 Å². The molecule has 0 spiro atoms. The summed E-state index contributed by atoms with van der Waals surface area (Å²) in [5, 5.41) is 42.2. The molecule has 170 valence electrons. The average Bonchev–Trinajstić information content (AvgIpc) is 2.75. The van der Waals surface area contributed by atoms with Crippen LogP contribution in [0.1, 0.15) is 67.6 Å². The van der Waals surface area contributed by atoms with Crippen LogP contribution >= 0.6 is 0 Å². The van der Waals surface area contributed by atoms with Crippen molar-refractivity contribution < 1.29 is 20.4 Å². The van der Waals surface area contributed by atoms with Crippen LogP contribution in [-0.2, 0) is 12.8 Å². The molecule has 3 rings (SSSR count). The molecule has 2 aromatic carbocycles. The van der Waals surface area contributed by atoms with Gasteiger partial charge in [0, 0.05) is 11.6 Å². The Hall–Kier alpha value is -2.44. The van der Waals surface area contributed by atoms with Crippen LogP contribution in [0.4, 0.5) is 0 Å². The zero-order valence-corrected chi connectivity index (χ0v) is 18.2. The van der Waals surface area contributed by atoms with Gasteiger partial charge >= 0.3 is 0 Å². The van der Waals surface area contributed by atoms with Crippen LogP contribution in [0.2, 0.25) is 0 Å². The number of aryl methyl sites for hydroxylation is 1. The van der Waals surface area contributed by atoms with Crippen LogP contribution in [0, 0.1) is 0 Å². The molecular formula is C25H36N2O4. The monoisotopic (exact) mass is 428 g/mol. The highest BCUT2D eigenvalue weighted by Crippen LogP contribution is 2.42. The lowest BCUT2D eigenvalue weighted by molar-refractivity contribution is 0.380. The Labute approximate surface area is 184 Å². The summed E-state index contributed by atoms with van der Waals surface area (Å²) in [6.45, 7) is 1.94. The van der Waals surface area contributed by atoms with Crippen molar-refractivity contribution in [3.63, 3.8) is 0 Å². The summed E-state index contributed by atoms with van der Waals surface area (Å²) in [4.78, 5) is 0. The van der Waals surface area contributed by atoms with Gasteiger partial charge in [0.1, 0.15) is 0 Å². The normalized spacial score (nSPS) is 18.1. The molecule has 2 unspecified atom stereocenters. The lowest BCUT2D eigenvalue weighted by atomic mass is 9.76. The van der Waals surface area contributed by atoms with E-state index in [-0.39, 0.29) is 35.0 Å². The summed E-state index contributed by atoms with van der Waals surface area (Å²) in [7, 11) is 0. The molecular weight excluding hydrogens is 392 g/mol. The first-order valence-electron chi connectivity index (χ1n) is 11.5. The van der Waals surface area contributed by atoms with Gasteiger partial charge in [-0.05, 0) is 86.9 Å². The molecule has 0 aromatic heterocycles. The van der Waals surface area contributed by atoms with Gasteiger partial charge in [0.15, 0.2) is 23.0 Å². The predicted molar refractivity (Wildman–Crippen MR) is 123 cm³/mol. The second-order valence-electron chi connectivity index (χ2n) is 8.69. The van der Waals surface area contributed by atoms with E-state index in [9.17, 15) is 20.4 Å². The molecule has 0 aliphatic heterocycles. The Morgan fingerprint density at radius 3 is 2.39 bits per heavy atom. The number of fused-ring (bicyclic) bond motifs is 1. The van der Waals surface area contributed by atoms with Gasteiger partial charge < -0.3 is 31.5 Å². The third-order valence-corrected chi connectivity index (χ3v) is 6.42. The molecule has 1 aliphatic rings. The molecule has 0 saturated heterocycles. The van der Waals surface area contributed by atoms with Gasteiger partial charge in [0.25, 0.3) is 0 Å². The van der Waals surface area contributed by atoms with E-state index in [1.54, 1.807) is 12.1 Å². The van der Waals surface area contributed by atoms with E-state index >= 15 is 0 Å². The van der Waals surface area contributed by atoms with Crippen molar-refractivity contribution in [2.75, 3.05) is 13.1 Å². The summed E-state index contributed by atoms with van der Waals surface area (Å²) in [5.74, 6) is 0.115. The molecule has 0 bridgehead atoms. The molecule has 7 N–H and O–H groups in total. The highest BCUT2D eigenvalue weighted by molar-refractivity contribution is 5.51. The Balaban J connectivity index is 1.27. The van der Waals surface area contributed by atoms with Gasteiger partial charge in [-0.1, -0.05) is 31.4 Å². The Morgan fingerprint density at radius 1 is 0.839 bits per heavy atom. The number of benzene rings is 2. The van der Waals surface area contributed by atoms with E-state index in [1.807, 2.05) is 12.1 Å². The number of phenols is 4. The van der Waals surface area contributed by atoms with Gasteiger partial charge in [-0.15, -0.1) is 0 Å². The zero-order chi connectivity index (χ0) is 22.2. The Bertz CT molecular complexity index is 856. The first-order chi connectivity index (χ1) is 15.0. The maximum atomic E-state index is 10.1. The van der Waals surface area contributed by atoms with E-state index < -0.39 is 0 Å². The smallest absolute Gasteiger partial charge is 0.160 e. The molecule has 1 aliphatic carbocycles. The van der Waals surface area contributed by atoms with Gasteiger partial charge in [-0.2, -0.15) is 0 Å². The molecule has 0 heterocycles. The van der Waals surface area contributed by atoms with Crippen molar-refractivity contribution in [2.24, 2.45) is 5.73 Å². The molecule has 6 heteroatoms. The van der Waals surface area contributed by atoms with Crippen molar-refractivity contribution in [1.82, 2.24) is 5.32 Å². The quantitative estimate of drug-likeness (QED) is 0.237. The van der Waals surface area contributed by atoms with Crippen molar-refractivity contribution in [3.8, 4) is 23.0 Å². The highest BCUT2D eigenvalue weighted by Gasteiger charge is 2.29. The summed E-state index contributed by atoms with van der Waals surface area (Å²) in [5.41, 5.74) is 9.38. The number of phenolic OH excluding ortho intramolecular Hbond substituents is 4. The number of hydrogen-bond donors (Lipinski definition) is 6. The molecule has 0 saturated carbocycles. The number of nitrogens with two attached hydrogens (primary N) is 1. The third kappa shape index (κ3) is 6.28. The molecule has 2 atom stereocenters. The van der Waals surface area contributed by atoms with Crippen LogP contribution in [0.3, 0.4) is 0 Å². The van der Waals surface area contributed by atoms with Crippen molar-refractivity contribution in [1.29, 1.82) is 0 Å². The van der Waals surface area contributed by atoms with Crippen molar-refractivity contribution in [3.05, 3.63) is 47.0 Å². The number of hydrogen-bond acceptors (Lipinski definition) is 6. The number of rotatable bonds is 11. The largest absolute Gasteiger partial charge is 0.504 e. The standard InChI is InChI=1S/C25H36N2O4/c26-21-11-9-20-18(10-13-23(29)25(20)31)19(21)7-3-1-2-4-14-27-15-5-6-17-8-12-22(28)24(30)16-17/h8,10,12-13,16,19,21,27-31H,1-7,9,11,14-15,26H2. The van der Waals surface area contributed by atoms with E-state index in [0.717, 1.165) is 81.1 Å². The first-order valence-corrected chi connectivity index (χ1v) is 11.5. The predicted octanol–water partition coefficient (Wildman–Crippen LogP) is 4.04. The van der Waals surface area contributed by atoms with Gasteiger partial charge in [0.2, 0.25) is 0 Å². The zero-order valence-electron chi connectivity index (χ0n) is 18.2. The molecule has 0 radical (unpaired) electrons. The van der Waals surface area contributed by atoms with E-state index in [1.165, 1.54) is 12.5 Å². The van der Waals surface area contributed by atoms with E-state index in [0.29, 0.717) is 0 Å². The number of nitrogens with one attached hydrogen (secondary N) is 1. The number of aromatic hydroxyl groups is 4. The topological polar surface area (TPSA) is 119 Å². The molecule has 31 heavy (non-hydrogen) atoms. The first kappa shape index (κ1) is 23.2. The fourth-order valence-corrected chi connectivity index (χ4v) is 4.60. The molecule has 2 aromatic rings.